The average Bonchev–Trinajstić information content (AvgIpc) is 2.80. The number of fused-ring (bicyclic) bond motifs is 1. The van der Waals surface area contributed by atoms with Gasteiger partial charge in [0.25, 0.3) is 0 Å². The van der Waals surface area contributed by atoms with Gasteiger partial charge in [0.15, 0.2) is 5.96 Å². The first-order valence-electron chi connectivity index (χ1n) is 10.7. The molecule has 3 N–H and O–H groups in total. The number of carbonyl (C=O) groups is 1. The quantitative estimate of drug-likeness (QED) is 0.527. The van der Waals surface area contributed by atoms with Gasteiger partial charge in [-0.25, -0.2) is 0 Å². The minimum Gasteiger partial charge on any atom is -0.381 e. The number of aliphatic imine (C=N–C) groups is 1. The zero-order valence-electron chi connectivity index (χ0n) is 17.5. The fraction of sp³-hybridized carbons (Fsp3) is 0.417. The number of para-hydroxylation sites is 1. The molecule has 0 aliphatic carbocycles. The smallest absolute Gasteiger partial charge is 0.225 e. The molecule has 6 heteroatoms. The topological polar surface area (TPSA) is 74.8 Å². The molecule has 6 nitrogen and oxygen atoms in total. The molecule has 4 rings (SSSR count). The van der Waals surface area contributed by atoms with Crippen molar-refractivity contribution in [3.05, 3.63) is 65.7 Å². The maximum absolute atomic E-state index is 12.1. The summed E-state index contributed by atoms with van der Waals surface area (Å²) in [4.78, 5) is 16.5. The Kier molecular flexibility index (Phi) is 6.33. The van der Waals surface area contributed by atoms with E-state index >= 15 is 0 Å². The summed E-state index contributed by atoms with van der Waals surface area (Å²) >= 11 is 0. The fourth-order valence-electron chi connectivity index (χ4n) is 4.50. The van der Waals surface area contributed by atoms with Crippen LogP contribution in [0.3, 0.4) is 0 Å². The monoisotopic (exact) mass is 406 g/mol. The number of hydrogen-bond acceptors (Lipinski definition) is 3. The SMILES string of the molecule is CN=C(NCC1CC(=O)Nc2ccccc21)NCC1(c2ccccc2)CCOCC1. The molecule has 0 radical (unpaired) electrons. The van der Waals surface area contributed by atoms with Crippen LogP contribution in [0.25, 0.3) is 0 Å². The molecular weight excluding hydrogens is 376 g/mol. The summed E-state index contributed by atoms with van der Waals surface area (Å²) in [7, 11) is 1.79. The summed E-state index contributed by atoms with van der Waals surface area (Å²) in [6.07, 6.45) is 2.45. The third-order valence-corrected chi connectivity index (χ3v) is 6.28. The lowest BCUT2D eigenvalue weighted by Gasteiger charge is -2.38. The Hall–Kier alpha value is -2.86. The second-order valence-corrected chi connectivity index (χ2v) is 8.10. The Morgan fingerprint density at radius 3 is 2.60 bits per heavy atom. The van der Waals surface area contributed by atoms with Crippen LogP contribution in [-0.2, 0) is 14.9 Å². The van der Waals surface area contributed by atoms with Gasteiger partial charge in [-0.15, -0.1) is 0 Å². The minimum atomic E-state index is 0.0362. The molecular formula is C24H30N4O2. The second-order valence-electron chi connectivity index (χ2n) is 8.10. The van der Waals surface area contributed by atoms with Crippen molar-refractivity contribution >= 4 is 17.6 Å². The van der Waals surface area contributed by atoms with Crippen molar-refractivity contribution in [2.24, 2.45) is 4.99 Å². The number of rotatable bonds is 5. The molecule has 0 saturated carbocycles. The van der Waals surface area contributed by atoms with Crippen LogP contribution in [0.15, 0.2) is 59.6 Å². The van der Waals surface area contributed by atoms with Crippen LogP contribution in [0, 0.1) is 0 Å². The molecule has 0 spiro atoms. The largest absolute Gasteiger partial charge is 0.381 e. The van der Waals surface area contributed by atoms with Crippen molar-refractivity contribution in [3.63, 3.8) is 0 Å². The normalized spacial score (nSPS) is 20.8. The number of amides is 1. The maximum atomic E-state index is 12.1. The van der Waals surface area contributed by atoms with Crippen molar-refractivity contribution in [1.82, 2.24) is 10.6 Å². The minimum absolute atomic E-state index is 0.0362. The number of hydrogen-bond donors (Lipinski definition) is 3. The van der Waals surface area contributed by atoms with Gasteiger partial charge >= 0.3 is 0 Å². The van der Waals surface area contributed by atoms with Crippen LogP contribution in [-0.4, -0.2) is 45.2 Å². The van der Waals surface area contributed by atoms with Gasteiger partial charge in [0, 0.05) is 56.8 Å². The Morgan fingerprint density at radius 2 is 1.83 bits per heavy atom. The third-order valence-electron chi connectivity index (χ3n) is 6.28. The van der Waals surface area contributed by atoms with Gasteiger partial charge in [-0.05, 0) is 30.0 Å². The number of guanidine groups is 1. The number of nitrogens with zero attached hydrogens (tertiary/aromatic N) is 1. The third kappa shape index (κ3) is 4.49. The highest BCUT2D eigenvalue weighted by Crippen LogP contribution is 2.34. The lowest BCUT2D eigenvalue weighted by molar-refractivity contribution is -0.116. The molecule has 30 heavy (non-hydrogen) atoms. The molecule has 0 bridgehead atoms. The lowest BCUT2D eigenvalue weighted by atomic mass is 9.74. The summed E-state index contributed by atoms with van der Waals surface area (Å²) < 4.78 is 5.64. The van der Waals surface area contributed by atoms with Gasteiger partial charge in [0.1, 0.15) is 0 Å². The highest BCUT2D eigenvalue weighted by Gasteiger charge is 2.34. The number of carbonyl (C=O) groups excluding carboxylic acids is 1. The van der Waals surface area contributed by atoms with Crippen LogP contribution >= 0.6 is 0 Å². The summed E-state index contributed by atoms with van der Waals surface area (Å²) in [5.41, 5.74) is 3.46. The Balaban J connectivity index is 1.41. The van der Waals surface area contributed by atoms with Crippen LogP contribution in [0.4, 0.5) is 5.69 Å². The lowest BCUT2D eigenvalue weighted by Crippen LogP contribution is -2.48. The second kappa shape index (κ2) is 9.30. The van der Waals surface area contributed by atoms with E-state index in [1.54, 1.807) is 7.05 Å². The fourth-order valence-corrected chi connectivity index (χ4v) is 4.50. The first-order chi connectivity index (χ1) is 14.7. The molecule has 2 aromatic rings. The van der Waals surface area contributed by atoms with Crippen molar-refractivity contribution in [2.75, 3.05) is 38.7 Å². The Labute approximate surface area is 178 Å². The highest BCUT2D eigenvalue weighted by atomic mass is 16.5. The van der Waals surface area contributed by atoms with E-state index in [9.17, 15) is 4.79 Å². The maximum Gasteiger partial charge on any atom is 0.225 e. The van der Waals surface area contributed by atoms with Crippen molar-refractivity contribution in [2.45, 2.75) is 30.6 Å². The van der Waals surface area contributed by atoms with E-state index in [-0.39, 0.29) is 17.2 Å². The molecule has 2 aromatic carbocycles. The number of anilines is 1. The number of ether oxygens (including phenoxy) is 1. The van der Waals surface area contributed by atoms with E-state index in [1.807, 2.05) is 18.2 Å². The molecule has 1 amide bonds. The molecule has 1 unspecified atom stereocenters. The summed E-state index contributed by atoms with van der Waals surface area (Å²) in [6.45, 7) is 3.00. The van der Waals surface area contributed by atoms with E-state index in [0.717, 1.165) is 44.2 Å². The van der Waals surface area contributed by atoms with E-state index in [1.165, 1.54) is 11.1 Å². The summed E-state index contributed by atoms with van der Waals surface area (Å²) in [6, 6.07) is 18.7. The summed E-state index contributed by atoms with van der Waals surface area (Å²) in [5.74, 6) is 0.952. The van der Waals surface area contributed by atoms with Crippen molar-refractivity contribution < 1.29 is 9.53 Å². The van der Waals surface area contributed by atoms with E-state index in [2.05, 4.69) is 57.3 Å². The first-order valence-corrected chi connectivity index (χ1v) is 10.7. The standard InChI is InChI=1S/C24H30N4O2/c1-25-23(26-16-18-15-22(29)28-21-10-6-5-9-20(18)21)27-17-24(11-13-30-14-12-24)19-7-3-2-4-8-19/h2-10,18H,11-17H2,1H3,(H,28,29)(H2,25,26,27). The molecule has 2 heterocycles. The van der Waals surface area contributed by atoms with Crippen LogP contribution in [0.2, 0.25) is 0 Å². The van der Waals surface area contributed by atoms with E-state index in [0.29, 0.717) is 13.0 Å². The highest BCUT2D eigenvalue weighted by molar-refractivity contribution is 5.94. The van der Waals surface area contributed by atoms with Crippen LogP contribution in [0.1, 0.15) is 36.3 Å². The van der Waals surface area contributed by atoms with Crippen LogP contribution < -0.4 is 16.0 Å². The predicted molar refractivity (Wildman–Crippen MR) is 120 cm³/mol. The Morgan fingerprint density at radius 1 is 1.10 bits per heavy atom. The van der Waals surface area contributed by atoms with Gasteiger partial charge in [-0.2, -0.15) is 0 Å². The van der Waals surface area contributed by atoms with Crippen molar-refractivity contribution in [1.29, 1.82) is 0 Å². The predicted octanol–water partition coefficient (Wildman–Crippen LogP) is 3.03. The van der Waals surface area contributed by atoms with Gasteiger partial charge in [0.2, 0.25) is 5.91 Å². The molecule has 0 aromatic heterocycles. The van der Waals surface area contributed by atoms with Gasteiger partial charge < -0.3 is 20.7 Å². The molecule has 2 aliphatic heterocycles. The molecule has 1 fully saturated rings. The van der Waals surface area contributed by atoms with Crippen LogP contribution in [0.5, 0.6) is 0 Å². The first kappa shape index (κ1) is 20.4. The Bertz CT molecular complexity index is 891. The zero-order chi connectivity index (χ0) is 20.8. The number of nitrogens with one attached hydrogen (secondary N) is 3. The van der Waals surface area contributed by atoms with Gasteiger partial charge in [-0.1, -0.05) is 48.5 Å². The van der Waals surface area contributed by atoms with E-state index < -0.39 is 0 Å². The summed E-state index contributed by atoms with van der Waals surface area (Å²) in [5, 5.41) is 9.93. The van der Waals surface area contributed by atoms with Gasteiger partial charge in [0.05, 0.1) is 0 Å². The van der Waals surface area contributed by atoms with E-state index in [4.69, 9.17) is 4.74 Å². The molecule has 1 saturated heterocycles. The zero-order valence-corrected chi connectivity index (χ0v) is 17.5. The van der Waals surface area contributed by atoms with Gasteiger partial charge in [-0.3, -0.25) is 9.79 Å². The molecule has 1 atom stereocenters. The molecule has 2 aliphatic rings. The van der Waals surface area contributed by atoms with Crippen molar-refractivity contribution in [3.8, 4) is 0 Å². The molecule has 158 valence electrons. The average molecular weight is 407 g/mol. The number of benzene rings is 2.